The summed E-state index contributed by atoms with van der Waals surface area (Å²) in [4.78, 5) is 2.43. The number of hydrogen-bond donors (Lipinski definition) is 0. The zero-order valence-corrected chi connectivity index (χ0v) is 10.6. The summed E-state index contributed by atoms with van der Waals surface area (Å²) in [6, 6.07) is 8.43. The maximum atomic E-state index is 5.90. The summed E-state index contributed by atoms with van der Waals surface area (Å²) < 4.78 is 5.90. The van der Waals surface area contributed by atoms with Gasteiger partial charge in [-0.15, -0.1) is 0 Å². The fourth-order valence-corrected chi connectivity index (χ4v) is 2.52. The molecule has 0 bridgehead atoms. The summed E-state index contributed by atoms with van der Waals surface area (Å²) in [5.74, 6) is 1.91. The second-order valence-electron chi connectivity index (χ2n) is 4.88. The van der Waals surface area contributed by atoms with Gasteiger partial charge < -0.3 is 9.64 Å². The van der Waals surface area contributed by atoms with Crippen molar-refractivity contribution in [1.29, 1.82) is 0 Å². The number of anilines is 1. The van der Waals surface area contributed by atoms with E-state index in [4.69, 9.17) is 4.74 Å². The summed E-state index contributed by atoms with van der Waals surface area (Å²) >= 11 is 0. The highest BCUT2D eigenvalue weighted by atomic mass is 16.5. The van der Waals surface area contributed by atoms with Gasteiger partial charge in [0.25, 0.3) is 0 Å². The Hall–Kier alpha value is -1.70. The fourth-order valence-electron chi connectivity index (χ4n) is 2.52. The zero-order valence-electron chi connectivity index (χ0n) is 10.6. The minimum Gasteiger partial charge on any atom is -0.458 e. The number of hydrogen-bond acceptors (Lipinski definition) is 2. The summed E-state index contributed by atoms with van der Waals surface area (Å²) in [5, 5.41) is 0. The number of benzene rings is 1. The van der Waals surface area contributed by atoms with Crippen molar-refractivity contribution >= 4 is 5.69 Å². The molecule has 0 saturated carbocycles. The topological polar surface area (TPSA) is 12.5 Å². The Morgan fingerprint density at radius 2 is 1.94 bits per heavy atom. The van der Waals surface area contributed by atoms with Gasteiger partial charge in [0.2, 0.25) is 0 Å². The maximum absolute atomic E-state index is 5.90. The Labute approximate surface area is 109 Å². The summed E-state index contributed by atoms with van der Waals surface area (Å²) in [6.45, 7) is 2.35. The van der Waals surface area contributed by atoms with Crippen LogP contribution in [0.3, 0.4) is 0 Å². The molecule has 3 rings (SSSR count). The van der Waals surface area contributed by atoms with Crippen LogP contribution in [-0.4, -0.2) is 13.1 Å². The van der Waals surface area contributed by atoms with Crippen molar-refractivity contribution in [2.45, 2.75) is 25.7 Å². The van der Waals surface area contributed by atoms with Crippen LogP contribution in [0.25, 0.3) is 0 Å². The van der Waals surface area contributed by atoms with E-state index in [2.05, 4.69) is 41.3 Å². The molecule has 2 aliphatic rings. The first kappa shape index (κ1) is 11.4. The molecule has 94 valence electrons. The van der Waals surface area contributed by atoms with E-state index in [1.165, 1.54) is 31.6 Å². The molecule has 1 saturated heterocycles. The molecule has 0 unspecified atom stereocenters. The average molecular weight is 241 g/mol. The van der Waals surface area contributed by atoms with Crippen molar-refractivity contribution in [3.05, 3.63) is 48.3 Å². The van der Waals surface area contributed by atoms with Crippen molar-refractivity contribution in [3.63, 3.8) is 0 Å². The van der Waals surface area contributed by atoms with Crippen molar-refractivity contribution in [3.8, 4) is 5.75 Å². The van der Waals surface area contributed by atoms with Gasteiger partial charge in [-0.25, -0.2) is 0 Å². The first-order chi connectivity index (χ1) is 8.92. The molecule has 0 aromatic heterocycles. The molecule has 2 nitrogen and oxygen atoms in total. The monoisotopic (exact) mass is 241 g/mol. The molecule has 0 atom stereocenters. The predicted molar refractivity (Wildman–Crippen MR) is 75.0 cm³/mol. The van der Waals surface area contributed by atoms with Crippen LogP contribution in [0.1, 0.15) is 25.7 Å². The third kappa shape index (κ3) is 2.58. The molecule has 1 aliphatic carbocycles. The average Bonchev–Trinajstić information content (AvgIpc) is 2.94. The molecule has 1 heterocycles. The molecule has 1 aromatic carbocycles. The first-order valence-corrected chi connectivity index (χ1v) is 6.81. The van der Waals surface area contributed by atoms with Gasteiger partial charge >= 0.3 is 0 Å². The number of allylic oxidation sites excluding steroid dienone is 3. The van der Waals surface area contributed by atoms with E-state index >= 15 is 0 Å². The predicted octanol–water partition coefficient (Wildman–Crippen LogP) is 3.90. The number of nitrogens with zero attached hydrogens (tertiary/aromatic N) is 1. The van der Waals surface area contributed by atoms with E-state index in [0.29, 0.717) is 0 Å². The van der Waals surface area contributed by atoms with Crippen molar-refractivity contribution in [1.82, 2.24) is 0 Å². The Morgan fingerprint density at radius 1 is 1.06 bits per heavy atom. The van der Waals surface area contributed by atoms with Crippen molar-refractivity contribution in [2.24, 2.45) is 0 Å². The van der Waals surface area contributed by atoms with Crippen molar-refractivity contribution < 1.29 is 4.74 Å². The Balaban J connectivity index is 1.74. The Bertz CT molecular complexity index is 470. The maximum Gasteiger partial charge on any atom is 0.129 e. The molecule has 18 heavy (non-hydrogen) atoms. The van der Waals surface area contributed by atoms with Gasteiger partial charge in [0.05, 0.1) is 0 Å². The quantitative estimate of drug-likeness (QED) is 0.795. The molecule has 0 amide bonds. The van der Waals surface area contributed by atoms with Crippen LogP contribution in [0.4, 0.5) is 5.69 Å². The van der Waals surface area contributed by atoms with E-state index in [-0.39, 0.29) is 0 Å². The van der Waals surface area contributed by atoms with E-state index < -0.39 is 0 Å². The molecular formula is C16H19NO. The molecular weight excluding hydrogens is 222 g/mol. The molecule has 1 aliphatic heterocycles. The summed E-state index contributed by atoms with van der Waals surface area (Å²) in [5.41, 5.74) is 1.28. The summed E-state index contributed by atoms with van der Waals surface area (Å²) in [7, 11) is 0. The van der Waals surface area contributed by atoms with E-state index in [9.17, 15) is 0 Å². The Morgan fingerprint density at radius 3 is 2.72 bits per heavy atom. The second kappa shape index (κ2) is 5.30. The normalized spacial score (nSPS) is 18.9. The standard InChI is InChI=1S/C16H19NO/c1-2-8-15(9-3-1)18-16-10-6-7-14(13-16)17-11-4-5-12-17/h2,6-10,13H,1,3-5,11-12H2. The second-order valence-corrected chi connectivity index (χ2v) is 4.88. The van der Waals surface area contributed by atoms with Gasteiger partial charge in [0.15, 0.2) is 0 Å². The minimum atomic E-state index is 0.942. The van der Waals surface area contributed by atoms with Crippen molar-refractivity contribution in [2.75, 3.05) is 18.0 Å². The fraction of sp³-hybridized carbons (Fsp3) is 0.375. The lowest BCUT2D eigenvalue weighted by Crippen LogP contribution is -2.17. The first-order valence-electron chi connectivity index (χ1n) is 6.81. The third-order valence-corrected chi connectivity index (χ3v) is 3.49. The Kier molecular flexibility index (Phi) is 3.35. The zero-order chi connectivity index (χ0) is 12.2. The summed E-state index contributed by atoms with van der Waals surface area (Å²) in [6.07, 6.45) is 11.2. The lowest BCUT2D eigenvalue weighted by atomic mass is 10.2. The van der Waals surface area contributed by atoms with Gasteiger partial charge in [0.1, 0.15) is 11.5 Å². The highest BCUT2D eigenvalue weighted by Crippen LogP contribution is 2.26. The largest absolute Gasteiger partial charge is 0.458 e. The lowest BCUT2D eigenvalue weighted by Gasteiger charge is -2.18. The van der Waals surface area contributed by atoms with Crippen LogP contribution in [0.2, 0.25) is 0 Å². The molecule has 2 heteroatoms. The van der Waals surface area contributed by atoms with Gasteiger partial charge in [-0.2, -0.15) is 0 Å². The minimum absolute atomic E-state index is 0.942. The lowest BCUT2D eigenvalue weighted by molar-refractivity contribution is 0.439. The SMILES string of the molecule is C1=CC(Oc2cccc(N3CCCC3)c2)=CCC1. The van der Waals surface area contributed by atoms with Crippen LogP contribution in [0.15, 0.2) is 48.3 Å². The van der Waals surface area contributed by atoms with Gasteiger partial charge in [-0.1, -0.05) is 12.1 Å². The molecule has 0 radical (unpaired) electrons. The highest BCUT2D eigenvalue weighted by molar-refractivity contribution is 5.51. The molecule has 1 aromatic rings. The van der Waals surface area contributed by atoms with Crippen LogP contribution in [0.5, 0.6) is 5.75 Å². The third-order valence-electron chi connectivity index (χ3n) is 3.49. The molecule has 0 N–H and O–H groups in total. The molecule has 0 spiro atoms. The highest BCUT2D eigenvalue weighted by Gasteiger charge is 2.12. The van der Waals surface area contributed by atoms with Gasteiger partial charge in [-0.3, -0.25) is 0 Å². The number of rotatable bonds is 3. The molecule has 1 fully saturated rings. The van der Waals surface area contributed by atoms with Crippen LogP contribution in [-0.2, 0) is 0 Å². The number of ether oxygens (including phenoxy) is 1. The van der Waals surface area contributed by atoms with Crippen LogP contribution in [0, 0.1) is 0 Å². The van der Waals surface area contributed by atoms with E-state index in [1.54, 1.807) is 0 Å². The smallest absolute Gasteiger partial charge is 0.129 e. The van der Waals surface area contributed by atoms with E-state index in [1.807, 2.05) is 6.07 Å². The van der Waals surface area contributed by atoms with Gasteiger partial charge in [0, 0.05) is 24.8 Å². The van der Waals surface area contributed by atoms with Crippen LogP contribution >= 0.6 is 0 Å². The van der Waals surface area contributed by atoms with Crippen LogP contribution < -0.4 is 9.64 Å². The van der Waals surface area contributed by atoms with E-state index in [0.717, 1.165) is 24.4 Å². The van der Waals surface area contributed by atoms with Gasteiger partial charge in [-0.05, 0) is 50.0 Å².